The SMILES string of the molecule is COc1cccc(-c2n[nH]c(C(C)N)n2)c1. The highest BCUT2D eigenvalue weighted by Crippen LogP contribution is 2.21. The maximum Gasteiger partial charge on any atom is 0.181 e. The van der Waals surface area contributed by atoms with Crippen LogP contribution in [0.2, 0.25) is 0 Å². The van der Waals surface area contributed by atoms with Gasteiger partial charge in [-0.25, -0.2) is 4.98 Å². The van der Waals surface area contributed by atoms with Crippen LogP contribution in [0.1, 0.15) is 18.8 Å². The van der Waals surface area contributed by atoms with Gasteiger partial charge in [-0.05, 0) is 19.1 Å². The van der Waals surface area contributed by atoms with Crippen molar-refractivity contribution in [3.05, 3.63) is 30.1 Å². The van der Waals surface area contributed by atoms with Crippen LogP contribution in [0.4, 0.5) is 0 Å². The van der Waals surface area contributed by atoms with E-state index in [9.17, 15) is 0 Å². The predicted octanol–water partition coefficient (Wildman–Crippen LogP) is 1.50. The standard InChI is InChI=1S/C11H14N4O/c1-7(12)10-13-11(15-14-10)8-4-3-5-9(6-8)16-2/h3-7H,12H2,1-2H3,(H,13,14,15). The van der Waals surface area contributed by atoms with Crippen LogP contribution in [0, 0.1) is 0 Å². The first-order valence-corrected chi connectivity index (χ1v) is 5.03. The van der Waals surface area contributed by atoms with E-state index >= 15 is 0 Å². The van der Waals surface area contributed by atoms with Crippen LogP contribution < -0.4 is 10.5 Å². The molecule has 0 amide bonds. The largest absolute Gasteiger partial charge is 0.497 e. The molecule has 0 spiro atoms. The van der Waals surface area contributed by atoms with Crippen molar-refractivity contribution in [2.24, 2.45) is 5.73 Å². The maximum absolute atomic E-state index is 5.70. The minimum atomic E-state index is -0.146. The number of hydrogen-bond acceptors (Lipinski definition) is 4. The summed E-state index contributed by atoms with van der Waals surface area (Å²) in [6, 6.07) is 7.44. The Morgan fingerprint density at radius 1 is 1.44 bits per heavy atom. The first-order valence-electron chi connectivity index (χ1n) is 5.03. The number of ether oxygens (including phenoxy) is 1. The normalized spacial score (nSPS) is 12.4. The van der Waals surface area contributed by atoms with Gasteiger partial charge in [0.1, 0.15) is 11.6 Å². The Balaban J connectivity index is 2.34. The maximum atomic E-state index is 5.70. The van der Waals surface area contributed by atoms with Crippen molar-refractivity contribution in [2.75, 3.05) is 7.11 Å². The first-order chi connectivity index (χ1) is 7.70. The molecule has 0 fully saturated rings. The van der Waals surface area contributed by atoms with Gasteiger partial charge in [0.2, 0.25) is 0 Å². The highest BCUT2D eigenvalue weighted by molar-refractivity contribution is 5.57. The third-order valence-electron chi connectivity index (χ3n) is 2.26. The van der Waals surface area contributed by atoms with Gasteiger partial charge in [0, 0.05) is 5.56 Å². The zero-order valence-corrected chi connectivity index (χ0v) is 9.27. The Morgan fingerprint density at radius 3 is 2.88 bits per heavy atom. The number of H-pyrrole nitrogens is 1. The molecule has 1 aromatic heterocycles. The third-order valence-corrected chi connectivity index (χ3v) is 2.26. The van der Waals surface area contributed by atoms with Crippen molar-refractivity contribution in [3.8, 4) is 17.1 Å². The van der Waals surface area contributed by atoms with E-state index in [0.29, 0.717) is 11.6 Å². The van der Waals surface area contributed by atoms with E-state index in [2.05, 4.69) is 15.2 Å². The zero-order valence-electron chi connectivity index (χ0n) is 9.27. The van der Waals surface area contributed by atoms with E-state index in [1.54, 1.807) is 7.11 Å². The van der Waals surface area contributed by atoms with Crippen molar-refractivity contribution in [3.63, 3.8) is 0 Å². The van der Waals surface area contributed by atoms with E-state index in [1.807, 2.05) is 31.2 Å². The van der Waals surface area contributed by atoms with Gasteiger partial charge in [-0.3, -0.25) is 5.10 Å². The van der Waals surface area contributed by atoms with Gasteiger partial charge in [-0.1, -0.05) is 12.1 Å². The van der Waals surface area contributed by atoms with Gasteiger partial charge in [0.25, 0.3) is 0 Å². The third kappa shape index (κ3) is 2.04. The topological polar surface area (TPSA) is 76.8 Å². The molecule has 1 aromatic carbocycles. The number of aromatic amines is 1. The van der Waals surface area contributed by atoms with E-state index in [-0.39, 0.29) is 6.04 Å². The lowest BCUT2D eigenvalue weighted by Gasteiger charge is -2.00. The van der Waals surface area contributed by atoms with Gasteiger partial charge >= 0.3 is 0 Å². The van der Waals surface area contributed by atoms with Crippen LogP contribution in [0.15, 0.2) is 24.3 Å². The molecule has 0 bridgehead atoms. The quantitative estimate of drug-likeness (QED) is 0.818. The van der Waals surface area contributed by atoms with Crippen molar-refractivity contribution in [2.45, 2.75) is 13.0 Å². The summed E-state index contributed by atoms with van der Waals surface area (Å²) < 4.78 is 5.14. The molecular weight excluding hydrogens is 204 g/mol. The molecule has 5 heteroatoms. The fourth-order valence-electron chi connectivity index (χ4n) is 1.37. The molecular formula is C11H14N4O. The van der Waals surface area contributed by atoms with Crippen LogP contribution in [0.3, 0.4) is 0 Å². The van der Waals surface area contributed by atoms with Crippen LogP contribution in [-0.4, -0.2) is 22.3 Å². The van der Waals surface area contributed by atoms with Gasteiger partial charge in [-0.15, -0.1) is 0 Å². The molecule has 1 heterocycles. The summed E-state index contributed by atoms with van der Waals surface area (Å²) in [4.78, 5) is 4.31. The van der Waals surface area contributed by atoms with Crippen LogP contribution in [0.5, 0.6) is 5.75 Å². The number of nitrogens with one attached hydrogen (secondary N) is 1. The van der Waals surface area contributed by atoms with Gasteiger partial charge in [0.15, 0.2) is 5.82 Å². The second-order valence-corrected chi connectivity index (χ2v) is 3.56. The Bertz CT molecular complexity index is 478. The van der Waals surface area contributed by atoms with E-state index in [4.69, 9.17) is 10.5 Å². The van der Waals surface area contributed by atoms with Crippen molar-refractivity contribution < 1.29 is 4.74 Å². The zero-order chi connectivity index (χ0) is 11.5. The number of hydrogen-bond donors (Lipinski definition) is 2. The second kappa shape index (κ2) is 4.32. The molecule has 0 saturated carbocycles. The predicted molar refractivity (Wildman–Crippen MR) is 61.0 cm³/mol. The molecule has 1 unspecified atom stereocenters. The number of methoxy groups -OCH3 is 1. The summed E-state index contributed by atoms with van der Waals surface area (Å²) in [6.45, 7) is 1.86. The van der Waals surface area contributed by atoms with Gasteiger partial charge in [-0.2, -0.15) is 5.10 Å². The molecule has 84 valence electrons. The van der Waals surface area contributed by atoms with Crippen LogP contribution >= 0.6 is 0 Å². The molecule has 0 radical (unpaired) electrons. The first kappa shape index (κ1) is 10.6. The Hall–Kier alpha value is -1.88. The van der Waals surface area contributed by atoms with E-state index in [1.165, 1.54) is 0 Å². The molecule has 5 nitrogen and oxygen atoms in total. The van der Waals surface area contributed by atoms with Crippen LogP contribution in [0.25, 0.3) is 11.4 Å². The molecule has 1 atom stereocenters. The molecule has 2 rings (SSSR count). The lowest BCUT2D eigenvalue weighted by atomic mass is 10.2. The lowest BCUT2D eigenvalue weighted by molar-refractivity contribution is 0.415. The monoisotopic (exact) mass is 218 g/mol. The lowest BCUT2D eigenvalue weighted by Crippen LogP contribution is -2.06. The van der Waals surface area contributed by atoms with Crippen molar-refractivity contribution in [1.82, 2.24) is 15.2 Å². The molecule has 3 N–H and O–H groups in total. The van der Waals surface area contributed by atoms with Crippen LogP contribution in [-0.2, 0) is 0 Å². The fourth-order valence-corrected chi connectivity index (χ4v) is 1.37. The summed E-state index contributed by atoms with van der Waals surface area (Å²) in [5.74, 6) is 2.09. The number of nitrogens with zero attached hydrogens (tertiary/aromatic N) is 2. The Labute approximate surface area is 93.7 Å². The molecule has 2 aromatic rings. The van der Waals surface area contributed by atoms with Crippen molar-refractivity contribution >= 4 is 0 Å². The van der Waals surface area contributed by atoms with Gasteiger partial charge in [0.05, 0.1) is 13.2 Å². The average molecular weight is 218 g/mol. The summed E-state index contributed by atoms with van der Waals surface area (Å²) >= 11 is 0. The molecule has 16 heavy (non-hydrogen) atoms. The number of benzene rings is 1. The minimum absolute atomic E-state index is 0.146. The Kier molecular flexibility index (Phi) is 2.87. The molecule has 0 saturated heterocycles. The van der Waals surface area contributed by atoms with E-state index in [0.717, 1.165) is 11.3 Å². The number of rotatable bonds is 3. The minimum Gasteiger partial charge on any atom is -0.497 e. The summed E-state index contributed by atoms with van der Waals surface area (Å²) in [5.41, 5.74) is 6.61. The summed E-state index contributed by atoms with van der Waals surface area (Å²) in [7, 11) is 1.63. The molecule has 0 aliphatic carbocycles. The van der Waals surface area contributed by atoms with E-state index < -0.39 is 0 Å². The van der Waals surface area contributed by atoms with Gasteiger partial charge < -0.3 is 10.5 Å². The Morgan fingerprint density at radius 2 is 2.25 bits per heavy atom. The molecule has 0 aliphatic heterocycles. The van der Waals surface area contributed by atoms with Crippen molar-refractivity contribution in [1.29, 1.82) is 0 Å². The number of aromatic nitrogens is 3. The smallest absolute Gasteiger partial charge is 0.181 e. The summed E-state index contributed by atoms with van der Waals surface area (Å²) in [5, 5.41) is 6.93. The highest BCUT2D eigenvalue weighted by atomic mass is 16.5. The average Bonchev–Trinajstić information content (AvgIpc) is 2.78. The fraction of sp³-hybridized carbons (Fsp3) is 0.273. The molecule has 0 aliphatic rings. The highest BCUT2D eigenvalue weighted by Gasteiger charge is 2.09. The number of nitrogens with two attached hydrogens (primary N) is 1. The second-order valence-electron chi connectivity index (χ2n) is 3.56. The summed E-state index contributed by atoms with van der Waals surface area (Å²) in [6.07, 6.45) is 0.